The van der Waals surface area contributed by atoms with Crippen LogP contribution in [0.3, 0.4) is 0 Å². The fourth-order valence-electron chi connectivity index (χ4n) is 3.49. The molecule has 0 aliphatic carbocycles. The molecule has 114 valence electrons. The number of aliphatic hydroxyl groups is 1. The van der Waals surface area contributed by atoms with Crippen LogP contribution in [0.15, 0.2) is 29.2 Å². The highest BCUT2D eigenvalue weighted by atomic mass is 35.5. The van der Waals surface area contributed by atoms with Gasteiger partial charge >= 0.3 is 0 Å². The van der Waals surface area contributed by atoms with Gasteiger partial charge in [0.1, 0.15) is 0 Å². The maximum atomic E-state index is 12.7. The smallest absolute Gasteiger partial charge is 0.236 e. The van der Waals surface area contributed by atoms with Gasteiger partial charge in [0.2, 0.25) is 5.91 Å². The number of carbonyl (C=O) groups excluding carboxylic acids is 1. The molecule has 5 heteroatoms. The van der Waals surface area contributed by atoms with E-state index in [1.54, 1.807) is 11.8 Å². The topological polar surface area (TPSA) is 40.5 Å². The molecule has 2 aliphatic heterocycles. The Morgan fingerprint density at radius 3 is 2.43 bits per heavy atom. The van der Waals surface area contributed by atoms with Crippen LogP contribution < -0.4 is 0 Å². The minimum atomic E-state index is -0.231. The van der Waals surface area contributed by atoms with Crippen molar-refractivity contribution in [2.24, 2.45) is 0 Å². The third-order valence-corrected chi connectivity index (χ3v) is 5.79. The fraction of sp³-hybridized carbons (Fsp3) is 0.562. The number of carbonyl (C=O) groups is 1. The summed E-state index contributed by atoms with van der Waals surface area (Å²) in [6.07, 6.45) is 3.31. The van der Waals surface area contributed by atoms with Gasteiger partial charge in [0.15, 0.2) is 0 Å². The SMILES string of the molecule is CC(Sc1ccc(Cl)cc1)C(=O)N1C2CCC1CC(O)C2. The van der Waals surface area contributed by atoms with Gasteiger partial charge in [-0.25, -0.2) is 0 Å². The van der Waals surface area contributed by atoms with Gasteiger partial charge < -0.3 is 10.0 Å². The van der Waals surface area contributed by atoms with Crippen LogP contribution in [0.25, 0.3) is 0 Å². The van der Waals surface area contributed by atoms with Crippen LogP contribution in [0, 0.1) is 0 Å². The number of aliphatic hydroxyl groups excluding tert-OH is 1. The maximum Gasteiger partial charge on any atom is 0.236 e. The van der Waals surface area contributed by atoms with Crippen molar-refractivity contribution < 1.29 is 9.90 Å². The number of hydrogen-bond acceptors (Lipinski definition) is 3. The highest BCUT2D eigenvalue weighted by molar-refractivity contribution is 8.00. The number of thioether (sulfide) groups is 1. The molecule has 1 aromatic rings. The van der Waals surface area contributed by atoms with E-state index in [1.165, 1.54) is 0 Å². The van der Waals surface area contributed by atoms with E-state index in [1.807, 2.05) is 36.1 Å². The quantitative estimate of drug-likeness (QED) is 0.867. The van der Waals surface area contributed by atoms with E-state index in [-0.39, 0.29) is 29.3 Å². The minimum absolute atomic E-state index is 0.107. The van der Waals surface area contributed by atoms with Gasteiger partial charge in [-0.3, -0.25) is 4.79 Å². The van der Waals surface area contributed by atoms with E-state index >= 15 is 0 Å². The van der Waals surface area contributed by atoms with E-state index in [0.29, 0.717) is 5.02 Å². The van der Waals surface area contributed by atoms with Gasteiger partial charge in [-0.1, -0.05) is 11.6 Å². The summed E-state index contributed by atoms with van der Waals surface area (Å²) in [6.45, 7) is 1.96. The van der Waals surface area contributed by atoms with Gasteiger partial charge in [0, 0.05) is 22.0 Å². The Bertz CT molecular complexity index is 508. The molecule has 0 radical (unpaired) electrons. The Hall–Kier alpha value is -0.710. The van der Waals surface area contributed by atoms with Crippen LogP contribution in [0.5, 0.6) is 0 Å². The van der Waals surface area contributed by atoms with E-state index in [9.17, 15) is 9.90 Å². The largest absolute Gasteiger partial charge is 0.393 e. The van der Waals surface area contributed by atoms with Gasteiger partial charge in [-0.05, 0) is 56.9 Å². The summed E-state index contributed by atoms with van der Waals surface area (Å²) in [7, 11) is 0. The predicted molar refractivity (Wildman–Crippen MR) is 85.7 cm³/mol. The molecule has 0 aromatic heterocycles. The van der Waals surface area contributed by atoms with Crippen molar-refractivity contribution in [1.29, 1.82) is 0 Å². The number of piperidine rings is 1. The predicted octanol–water partition coefficient (Wildman–Crippen LogP) is 3.33. The second kappa shape index (κ2) is 6.19. The first-order valence-electron chi connectivity index (χ1n) is 7.47. The highest BCUT2D eigenvalue weighted by Gasteiger charge is 2.43. The van der Waals surface area contributed by atoms with Crippen molar-refractivity contribution in [1.82, 2.24) is 4.90 Å². The number of benzene rings is 1. The zero-order valence-electron chi connectivity index (χ0n) is 12.0. The van der Waals surface area contributed by atoms with Crippen LogP contribution in [-0.2, 0) is 4.79 Å². The molecule has 3 unspecified atom stereocenters. The summed E-state index contributed by atoms with van der Waals surface area (Å²) >= 11 is 7.46. The molecular formula is C16H20ClNO2S. The zero-order chi connectivity index (χ0) is 15.0. The van der Waals surface area contributed by atoms with E-state index in [0.717, 1.165) is 30.6 Å². The zero-order valence-corrected chi connectivity index (χ0v) is 13.6. The second-order valence-corrected chi connectivity index (χ2v) is 7.82. The average molecular weight is 326 g/mol. The van der Waals surface area contributed by atoms with Gasteiger partial charge in [0.05, 0.1) is 11.4 Å². The first-order valence-corrected chi connectivity index (χ1v) is 8.73. The molecule has 2 bridgehead atoms. The third-order valence-electron chi connectivity index (χ3n) is 4.44. The van der Waals surface area contributed by atoms with Crippen molar-refractivity contribution in [3.05, 3.63) is 29.3 Å². The minimum Gasteiger partial charge on any atom is -0.393 e. The molecule has 3 atom stereocenters. The number of amides is 1. The van der Waals surface area contributed by atoms with Crippen molar-refractivity contribution >= 4 is 29.3 Å². The summed E-state index contributed by atoms with van der Waals surface area (Å²) in [5, 5.41) is 10.4. The number of rotatable bonds is 3. The lowest BCUT2D eigenvalue weighted by atomic mass is 9.99. The first-order chi connectivity index (χ1) is 10.0. The number of halogens is 1. The highest BCUT2D eigenvalue weighted by Crippen LogP contribution is 2.38. The Labute approximate surface area is 134 Å². The lowest BCUT2D eigenvalue weighted by Gasteiger charge is -2.38. The van der Waals surface area contributed by atoms with Crippen LogP contribution >= 0.6 is 23.4 Å². The lowest BCUT2D eigenvalue weighted by molar-refractivity contribution is -0.136. The molecule has 0 saturated carbocycles. The molecule has 1 amide bonds. The molecule has 2 heterocycles. The molecule has 3 rings (SSSR count). The second-order valence-electron chi connectivity index (χ2n) is 5.97. The van der Waals surface area contributed by atoms with E-state index in [4.69, 9.17) is 11.6 Å². The molecule has 3 nitrogen and oxygen atoms in total. The van der Waals surface area contributed by atoms with Crippen molar-refractivity contribution in [2.45, 2.75) is 60.9 Å². The average Bonchev–Trinajstić information content (AvgIpc) is 2.72. The van der Waals surface area contributed by atoms with Crippen molar-refractivity contribution in [3.63, 3.8) is 0 Å². The monoisotopic (exact) mass is 325 g/mol. The van der Waals surface area contributed by atoms with E-state index < -0.39 is 0 Å². The normalized spacial score (nSPS) is 29.5. The van der Waals surface area contributed by atoms with Gasteiger partial charge in [-0.15, -0.1) is 11.8 Å². The van der Waals surface area contributed by atoms with Crippen molar-refractivity contribution in [3.8, 4) is 0 Å². The third kappa shape index (κ3) is 3.22. The van der Waals surface area contributed by atoms with Crippen LogP contribution in [0.2, 0.25) is 5.02 Å². The Balaban J connectivity index is 1.66. The van der Waals surface area contributed by atoms with E-state index in [2.05, 4.69) is 0 Å². The molecular weight excluding hydrogens is 306 g/mol. The molecule has 2 saturated heterocycles. The number of hydrogen-bond donors (Lipinski definition) is 1. The summed E-state index contributed by atoms with van der Waals surface area (Å²) in [6, 6.07) is 8.07. The maximum absolute atomic E-state index is 12.7. The summed E-state index contributed by atoms with van der Waals surface area (Å²) in [5.74, 6) is 0.203. The molecule has 1 N–H and O–H groups in total. The Kier molecular flexibility index (Phi) is 4.48. The first kappa shape index (κ1) is 15.2. The van der Waals surface area contributed by atoms with Crippen LogP contribution in [0.4, 0.5) is 0 Å². The fourth-order valence-corrected chi connectivity index (χ4v) is 4.54. The van der Waals surface area contributed by atoms with Crippen LogP contribution in [0.1, 0.15) is 32.6 Å². The number of fused-ring (bicyclic) bond motifs is 2. The molecule has 1 aromatic carbocycles. The Morgan fingerprint density at radius 1 is 1.29 bits per heavy atom. The standard InChI is InChI=1S/C16H20ClNO2S/c1-10(21-15-6-2-11(17)3-7-15)16(20)18-12-4-5-13(18)9-14(19)8-12/h2-3,6-7,10,12-14,19H,4-5,8-9H2,1H3. The lowest BCUT2D eigenvalue weighted by Crippen LogP contribution is -2.50. The molecule has 2 aliphatic rings. The summed E-state index contributed by atoms with van der Waals surface area (Å²) < 4.78 is 0. The summed E-state index contributed by atoms with van der Waals surface area (Å²) in [4.78, 5) is 15.8. The molecule has 21 heavy (non-hydrogen) atoms. The molecule has 2 fully saturated rings. The Morgan fingerprint density at radius 2 is 1.86 bits per heavy atom. The van der Waals surface area contributed by atoms with Crippen LogP contribution in [-0.4, -0.2) is 39.4 Å². The van der Waals surface area contributed by atoms with Crippen molar-refractivity contribution in [2.75, 3.05) is 0 Å². The van der Waals surface area contributed by atoms with Gasteiger partial charge in [-0.2, -0.15) is 0 Å². The molecule has 0 spiro atoms. The number of nitrogens with zero attached hydrogens (tertiary/aromatic N) is 1. The van der Waals surface area contributed by atoms with Gasteiger partial charge in [0.25, 0.3) is 0 Å². The summed E-state index contributed by atoms with van der Waals surface area (Å²) in [5.41, 5.74) is 0.